The molecule has 2 atom stereocenters. The van der Waals surface area contributed by atoms with E-state index in [1.54, 1.807) is 4.68 Å². The number of hydrogen-bond acceptors (Lipinski definition) is 4. The zero-order chi connectivity index (χ0) is 10.1. The first-order valence-electron chi connectivity index (χ1n) is 4.57. The number of aromatic carboxylic acids is 1. The molecule has 0 amide bonds. The molecule has 1 aromatic rings. The maximum atomic E-state index is 10.6. The quantitative estimate of drug-likeness (QED) is 0.695. The van der Waals surface area contributed by atoms with Crippen molar-refractivity contribution < 1.29 is 9.90 Å². The molecule has 0 aromatic carbocycles. The maximum Gasteiger partial charge on any atom is 0.358 e. The zero-order valence-electron chi connectivity index (χ0n) is 7.63. The van der Waals surface area contributed by atoms with Crippen LogP contribution < -0.4 is 5.73 Å². The molecule has 0 spiro atoms. The second-order valence-electron chi connectivity index (χ2n) is 3.62. The van der Waals surface area contributed by atoms with Crippen molar-refractivity contribution in [3.8, 4) is 0 Å². The Kier molecular flexibility index (Phi) is 2.20. The molecular formula is C8H12N4O2. The Balaban J connectivity index is 2.13. The predicted molar refractivity (Wildman–Crippen MR) is 47.8 cm³/mol. The highest BCUT2D eigenvalue weighted by Crippen LogP contribution is 2.27. The molecule has 1 heterocycles. The minimum Gasteiger partial charge on any atom is -0.476 e. The number of rotatable bonds is 2. The summed E-state index contributed by atoms with van der Waals surface area (Å²) in [6.07, 6.45) is 4.23. The van der Waals surface area contributed by atoms with Gasteiger partial charge >= 0.3 is 5.97 Å². The monoisotopic (exact) mass is 196 g/mol. The van der Waals surface area contributed by atoms with Gasteiger partial charge in [-0.1, -0.05) is 5.21 Å². The molecule has 1 fully saturated rings. The Morgan fingerprint density at radius 2 is 2.43 bits per heavy atom. The third-order valence-electron chi connectivity index (χ3n) is 2.55. The summed E-state index contributed by atoms with van der Waals surface area (Å²) in [6.45, 7) is 0. The SMILES string of the molecule is N[C@H]1CC[C@@H](n2cc(C(=O)O)nn2)C1. The molecule has 1 aliphatic carbocycles. The van der Waals surface area contributed by atoms with E-state index in [1.807, 2.05) is 0 Å². The Labute approximate surface area is 80.7 Å². The number of carboxylic acids is 1. The van der Waals surface area contributed by atoms with Crippen molar-refractivity contribution in [2.75, 3.05) is 0 Å². The summed E-state index contributed by atoms with van der Waals surface area (Å²) in [7, 11) is 0. The summed E-state index contributed by atoms with van der Waals surface area (Å²) < 4.78 is 1.61. The normalized spacial score (nSPS) is 26.6. The summed E-state index contributed by atoms with van der Waals surface area (Å²) in [5.74, 6) is -1.04. The van der Waals surface area contributed by atoms with Crippen molar-refractivity contribution in [2.24, 2.45) is 5.73 Å². The number of nitrogens with zero attached hydrogens (tertiary/aromatic N) is 3. The third-order valence-corrected chi connectivity index (χ3v) is 2.55. The van der Waals surface area contributed by atoms with E-state index in [2.05, 4.69) is 10.3 Å². The van der Waals surface area contributed by atoms with E-state index in [0.717, 1.165) is 19.3 Å². The third kappa shape index (κ3) is 1.60. The molecule has 0 aliphatic heterocycles. The van der Waals surface area contributed by atoms with Gasteiger partial charge in [0.2, 0.25) is 0 Å². The number of aromatic nitrogens is 3. The van der Waals surface area contributed by atoms with Gasteiger partial charge < -0.3 is 10.8 Å². The fraction of sp³-hybridized carbons (Fsp3) is 0.625. The molecule has 76 valence electrons. The molecular weight excluding hydrogens is 184 g/mol. The lowest BCUT2D eigenvalue weighted by atomic mass is 10.2. The fourth-order valence-corrected chi connectivity index (χ4v) is 1.79. The molecule has 0 radical (unpaired) electrons. The molecule has 6 nitrogen and oxygen atoms in total. The molecule has 0 unspecified atom stereocenters. The second-order valence-corrected chi connectivity index (χ2v) is 3.62. The number of hydrogen-bond donors (Lipinski definition) is 2. The van der Waals surface area contributed by atoms with Crippen molar-refractivity contribution in [3.63, 3.8) is 0 Å². The second kappa shape index (κ2) is 3.38. The van der Waals surface area contributed by atoms with Gasteiger partial charge in [-0.05, 0) is 19.3 Å². The fourth-order valence-electron chi connectivity index (χ4n) is 1.79. The van der Waals surface area contributed by atoms with E-state index >= 15 is 0 Å². The number of carboxylic acid groups (broad SMARTS) is 1. The lowest BCUT2D eigenvalue weighted by Crippen LogP contribution is -2.16. The number of carbonyl (C=O) groups is 1. The molecule has 0 saturated heterocycles. The van der Waals surface area contributed by atoms with Crippen LogP contribution in [0.1, 0.15) is 35.8 Å². The summed E-state index contributed by atoms with van der Waals surface area (Å²) >= 11 is 0. The zero-order valence-corrected chi connectivity index (χ0v) is 7.63. The van der Waals surface area contributed by atoms with Crippen molar-refractivity contribution in [2.45, 2.75) is 31.3 Å². The highest BCUT2D eigenvalue weighted by atomic mass is 16.4. The largest absolute Gasteiger partial charge is 0.476 e. The van der Waals surface area contributed by atoms with E-state index < -0.39 is 5.97 Å². The van der Waals surface area contributed by atoms with Crippen LogP contribution in [-0.2, 0) is 0 Å². The predicted octanol–water partition coefficient (Wildman–Crippen LogP) is 0.0286. The Morgan fingerprint density at radius 1 is 1.64 bits per heavy atom. The standard InChI is InChI=1S/C8H12N4O2/c9-5-1-2-6(3-5)12-4-7(8(13)14)10-11-12/h4-6H,1-3,9H2,(H,13,14)/t5-,6+/m0/s1. The summed E-state index contributed by atoms with van der Waals surface area (Å²) in [6, 6.07) is 0.420. The van der Waals surface area contributed by atoms with Crippen LogP contribution in [0.3, 0.4) is 0 Å². The van der Waals surface area contributed by atoms with Crippen molar-refractivity contribution >= 4 is 5.97 Å². The lowest BCUT2D eigenvalue weighted by Gasteiger charge is -2.07. The van der Waals surface area contributed by atoms with Crippen molar-refractivity contribution in [1.29, 1.82) is 0 Å². The van der Waals surface area contributed by atoms with Gasteiger partial charge in [-0.15, -0.1) is 5.10 Å². The van der Waals surface area contributed by atoms with E-state index in [-0.39, 0.29) is 17.8 Å². The summed E-state index contributed by atoms with van der Waals surface area (Å²) in [5.41, 5.74) is 5.74. The van der Waals surface area contributed by atoms with Gasteiger partial charge in [0.05, 0.1) is 12.2 Å². The smallest absolute Gasteiger partial charge is 0.358 e. The molecule has 2 rings (SSSR count). The highest BCUT2D eigenvalue weighted by molar-refractivity contribution is 5.84. The van der Waals surface area contributed by atoms with Crippen LogP contribution in [-0.4, -0.2) is 32.1 Å². The van der Waals surface area contributed by atoms with Gasteiger partial charge in [0.15, 0.2) is 5.69 Å². The van der Waals surface area contributed by atoms with Crippen LogP contribution in [0.25, 0.3) is 0 Å². The Morgan fingerprint density at radius 3 is 2.93 bits per heavy atom. The first-order chi connectivity index (χ1) is 6.66. The minimum atomic E-state index is -1.04. The summed E-state index contributed by atoms with van der Waals surface area (Å²) in [5, 5.41) is 16.0. The van der Waals surface area contributed by atoms with Gasteiger partial charge in [-0.25, -0.2) is 9.48 Å². The maximum absolute atomic E-state index is 10.6. The molecule has 14 heavy (non-hydrogen) atoms. The topological polar surface area (TPSA) is 94.0 Å². The first kappa shape index (κ1) is 9.14. The van der Waals surface area contributed by atoms with Crippen LogP contribution in [0.15, 0.2) is 6.20 Å². The average Bonchev–Trinajstić information content (AvgIpc) is 2.70. The lowest BCUT2D eigenvalue weighted by molar-refractivity contribution is 0.0690. The molecule has 3 N–H and O–H groups in total. The van der Waals surface area contributed by atoms with Crippen LogP contribution >= 0.6 is 0 Å². The van der Waals surface area contributed by atoms with Crippen molar-refractivity contribution in [1.82, 2.24) is 15.0 Å². The molecule has 1 aliphatic rings. The van der Waals surface area contributed by atoms with Gasteiger partial charge in [0.1, 0.15) is 0 Å². The number of nitrogens with two attached hydrogens (primary N) is 1. The van der Waals surface area contributed by atoms with Gasteiger partial charge in [0, 0.05) is 6.04 Å². The van der Waals surface area contributed by atoms with Crippen LogP contribution in [0, 0.1) is 0 Å². The van der Waals surface area contributed by atoms with Crippen LogP contribution in [0.4, 0.5) is 0 Å². The van der Waals surface area contributed by atoms with E-state index in [0.29, 0.717) is 0 Å². The summed E-state index contributed by atoms with van der Waals surface area (Å²) in [4.78, 5) is 10.6. The molecule has 1 aromatic heterocycles. The molecule has 1 saturated carbocycles. The van der Waals surface area contributed by atoms with Crippen LogP contribution in [0.2, 0.25) is 0 Å². The minimum absolute atomic E-state index is 0.00882. The van der Waals surface area contributed by atoms with Crippen LogP contribution in [0.5, 0.6) is 0 Å². The Bertz CT molecular complexity index is 349. The van der Waals surface area contributed by atoms with E-state index in [1.165, 1.54) is 6.20 Å². The first-order valence-corrected chi connectivity index (χ1v) is 4.57. The van der Waals surface area contributed by atoms with Gasteiger partial charge in [0.25, 0.3) is 0 Å². The van der Waals surface area contributed by atoms with Crippen molar-refractivity contribution in [3.05, 3.63) is 11.9 Å². The molecule has 6 heteroatoms. The molecule has 0 bridgehead atoms. The van der Waals surface area contributed by atoms with Gasteiger partial charge in [-0.3, -0.25) is 0 Å². The average molecular weight is 196 g/mol. The Hall–Kier alpha value is -1.43. The van der Waals surface area contributed by atoms with Gasteiger partial charge in [-0.2, -0.15) is 0 Å². The van der Waals surface area contributed by atoms with E-state index in [9.17, 15) is 4.79 Å². The van der Waals surface area contributed by atoms with E-state index in [4.69, 9.17) is 10.8 Å². The highest BCUT2D eigenvalue weighted by Gasteiger charge is 2.24.